The molecule has 0 amide bonds. The van der Waals surface area contributed by atoms with Gasteiger partial charge in [-0.2, -0.15) is 0 Å². The number of allylic oxidation sites excluding steroid dienone is 1. The maximum absolute atomic E-state index is 13.2. The van der Waals surface area contributed by atoms with Gasteiger partial charge in [0.05, 0.1) is 36.0 Å². The predicted molar refractivity (Wildman–Crippen MR) is 117 cm³/mol. The zero-order valence-corrected chi connectivity index (χ0v) is 18.2. The molecule has 32 heavy (non-hydrogen) atoms. The fourth-order valence-corrected chi connectivity index (χ4v) is 3.91. The summed E-state index contributed by atoms with van der Waals surface area (Å²) in [5.41, 5.74) is 4.03. The van der Waals surface area contributed by atoms with Crippen LogP contribution < -0.4 is 5.32 Å². The van der Waals surface area contributed by atoms with E-state index in [1.54, 1.807) is 39.0 Å². The van der Waals surface area contributed by atoms with Crippen molar-refractivity contribution >= 4 is 28.7 Å². The number of carbonyl (C=O) groups excluding carboxylic acids is 2. The molecule has 1 aromatic heterocycles. The van der Waals surface area contributed by atoms with E-state index < -0.39 is 17.9 Å². The number of nitrogens with one attached hydrogen (secondary N) is 1. The average Bonchev–Trinajstić information content (AvgIpc) is 3.27. The van der Waals surface area contributed by atoms with Crippen molar-refractivity contribution < 1.29 is 23.7 Å². The summed E-state index contributed by atoms with van der Waals surface area (Å²) >= 11 is 0. The first kappa shape index (κ1) is 21.3. The van der Waals surface area contributed by atoms with Crippen molar-refractivity contribution in [3.05, 3.63) is 76.5 Å². The number of benzene rings is 2. The van der Waals surface area contributed by atoms with Crippen LogP contribution in [-0.4, -0.2) is 35.5 Å². The summed E-state index contributed by atoms with van der Waals surface area (Å²) in [5.74, 6) is -1.91. The summed E-state index contributed by atoms with van der Waals surface area (Å²) in [7, 11) is 1.31. The second-order valence-corrected chi connectivity index (χ2v) is 7.68. The highest BCUT2D eigenvalue weighted by molar-refractivity contribution is 6.06. The van der Waals surface area contributed by atoms with Gasteiger partial charge in [-0.1, -0.05) is 42.5 Å². The SMILES string of the molecule is COC(=O)C1=C(c2ccccc2)NC(C)=C(C(=O)OC(C)C)C1c1cccc2nonc12. The summed E-state index contributed by atoms with van der Waals surface area (Å²) in [6.07, 6.45) is -0.339. The predicted octanol–water partition coefficient (Wildman–Crippen LogP) is 3.72. The van der Waals surface area contributed by atoms with Gasteiger partial charge in [-0.15, -0.1) is 0 Å². The maximum atomic E-state index is 13.2. The Bertz CT molecular complexity index is 1240. The van der Waals surface area contributed by atoms with Gasteiger partial charge in [0.1, 0.15) is 11.0 Å². The minimum Gasteiger partial charge on any atom is -0.466 e. The van der Waals surface area contributed by atoms with E-state index in [4.69, 9.17) is 14.1 Å². The van der Waals surface area contributed by atoms with Crippen LogP contribution in [0, 0.1) is 0 Å². The molecule has 3 aromatic rings. The number of methoxy groups -OCH3 is 1. The largest absolute Gasteiger partial charge is 0.466 e. The van der Waals surface area contributed by atoms with E-state index in [1.165, 1.54) is 7.11 Å². The number of nitrogens with zero attached hydrogens (tertiary/aromatic N) is 2. The molecular formula is C24H23N3O5. The summed E-state index contributed by atoms with van der Waals surface area (Å²) in [5, 5.41) is 11.2. The van der Waals surface area contributed by atoms with Crippen LogP contribution in [0.3, 0.4) is 0 Å². The van der Waals surface area contributed by atoms with Crippen molar-refractivity contribution in [1.82, 2.24) is 15.6 Å². The molecule has 0 bridgehead atoms. The highest BCUT2D eigenvalue weighted by Crippen LogP contribution is 2.43. The molecule has 2 aromatic carbocycles. The molecule has 0 saturated carbocycles. The molecule has 1 aliphatic rings. The molecule has 1 aliphatic heterocycles. The van der Waals surface area contributed by atoms with E-state index in [1.807, 2.05) is 30.3 Å². The lowest BCUT2D eigenvalue weighted by Gasteiger charge is -2.31. The summed E-state index contributed by atoms with van der Waals surface area (Å²) in [4.78, 5) is 26.4. The van der Waals surface area contributed by atoms with Gasteiger partial charge in [-0.25, -0.2) is 14.2 Å². The second kappa shape index (κ2) is 8.66. The van der Waals surface area contributed by atoms with Crippen LogP contribution in [0.2, 0.25) is 0 Å². The Labute approximate surface area is 184 Å². The Morgan fingerprint density at radius 2 is 1.75 bits per heavy atom. The summed E-state index contributed by atoms with van der Waals surface area (Å²) in [6.45, 7) is 5.32. The number of hydrogen-bond donors (Lipinski definition) is 1. The van der Waals surface area contributed by atoms with Gasteiger partial charge in [-0.05, 0) is 48.3 Å². The maximum Gasteiger partial charge on any atom is 0.337 e. The van der Waals surface area contributed by atoms with Gasteiger partial charge >= 0.3 is 11.9 Å². The van der Waals surface area contributed by atoms with Crippen LogP contribution in [0.4, 0.5) is 0 Å². The zero-order valence-electron chi connectivity index (χ0n) is 18.2. The number of carbonyl (C=O) groups is 2. The Hall–Kier alpha value is -3.94. The third-order valence-electron chi connectivity index (χ3n) is 5.22. The minimum absolute atomic E-state index is 0.274. The fraction of sp³-hybridized carbons (Fsp3) is 0.250. The highest BCUT2D eigenvalue weighted by Gasteiger charge is 2.40. The van der Waals surface area contributed by atoms with E-state index in [0.29, 0.717) is 33.6 Å². The minimum atomic E-state index is -0.805. The van der Waals surface area contributed by atoms with Crippen molar-refractivity contribution in [1.29, 1.82) is 0 Å². The van der Waals surface area contributed by atoms with Gasteiger partial charge in [-0.3, -0.25) is 0 Å². The zero-order chi connectivity index (χ0) is 22.8. The number of fused-ring (bicyclic) bond motifs is 1. The molecule has 164 valence electrons. The number of rotatable bonds is 5. The molecule has 0 fully saturated rings. The van der Waals surface area contributed by atoms with Gasteiger partial charge in [0.15, 0.2) is 0 Å². The Morgan fingerprint density at radius 1 is 1.00 bits per heavy atom. The molecule has 1 unspecified atom stereocenters. The van der Waals surface area contributed by atoms with E-state index in [0.717, 1.165) is 5.56 Å². The number of ether oxygens (including phenoxy) is 2. The van der Waals surface area contributed by atoms with Crippen molar-refractivity contribution in [2.24, 2.45) is 0 Å². The Balaban J connectivity index is 2.03. The number of dihydropyridines is 1. The molecule has 8 heteroatoms. The van der Waals surface area contributed by atoms with E-state index in [-0.39, 0.29) is 11.7 Å². The molecule has 0 saturated heterocycles. The third kappa shape index (κ3) is 3.75. The van der Waals surface area contributed by atoms with Crippen LogP contribution in [-0.2, 0) is 19.1 Å². The molecule has 0 aliphatic carbocycles. The number of hydrogen-bond acceptors (Lipinski definition) is 8. The molecule has 2 heterocycles. The fourth-order valence-electron chi connectivity index (χ4n) is 3.91. The van der Waals surface area contributed by atoms with E-state index >= 15 is 0 Å². The van der Waals surface area contributed by atoms with Crippen molar-refractivity contribution in [2.45, 2.75) is 32.8 Å². The average molecular weight is 433 g/mol. The van der Waals surface area contributed by atoms with Gasteiger partial charge in [0.25, 0.3) is 0 Å². The lowest BCUT2D eigenvalue weighted by Crippen LogP contribution is -2.33. The van der Waals surface area contributed by atoms with Crippen molar-refractivity contribution in [3.63, 3.8) is 0 Å². The van der Waals surface area contributed by atoms with Crippen molar-refractivity contribution in [3.8, 4) is 0 Å². The molecule has 1 atom stereocenters. The lowest BCUT2D eigenvalue weighted by atomic mass is 9.78. The van der Waals surface area contributed by atoms with Gasteiger partial charge in [0.2, 0.25) is 0 Å². The summed E-state index contributed by atoms with van der Waals surface area (Å²) < 4.78 is 15.6. The van der Waals surface area contributed by atoms with Crippen molar-refractivity contribution in [2.75, 3.05) is 7.11 Å². The first-order valence-corrected chi connectivity index (χ1v) is 10.2. The monoisotopic (exact) mass is 433 g/mol. The lowest BCUT2D eigenvalue weighted by molar-refractivity contribution is -0.143. The topological polar surface area (TPSA) is 104 Å². The number of aromatic nitrogens is 2. The van der Waals surface area contributed by atoms with Gasteiger partial charge < -0.3 is 14.8 Å². The van der Waals surface area contributed by atoms with Crippen LogP contribution in [0.25, 0.3) is 16.7 Å². The van der Waals surface area contributed by atoms with Crippen LogP contribution in [0.1, 0.15) is 37.8 Å². The van der Waals surface area contributed by atoms with E-state index in [2.05, 4.69) is 15.6 Å². The molecule has 1 N–H and O–H groups in total. The standard InChI is InChI=1S/C24H23N3O5/c1-13(2)31-24(29)18-14(3)25-21(15-9-6-5-7-10-15)20(23(28)30-4)19(18)16-11-8-12-17-22(16)27-32-26-17/h5-13,19,25H,1-4H3. The summed E-state index contributed by atoms with van der Waals surface area (Å²) in [6, 6.07) is 14.7. The van der Waals surface area contributed by atoms with Crippen LogP contribution in [0.5, 0.6) is 0 Å². The second-order valence-electron chi connectivity index (χ2n) is 7.68. The highest BCUT2D eigenvalue weighted by atomic mass is 16.6. The first-order chi connectivity index (χ1) is 15.4. The van der Waals surface area contributed by atoms with Gasteiger partial charge in [0, 0.05) is 5.70 Å². The molecular weight excluding hydrogens is 410 g/mol. The molecule has 8 nitrogen and oxygen atoms in total. The Morgan fingerprint density at radius 3 is 2.44 bits per heavy atom. The van der Waals surface area contributed by atoms with Crippen LogP contribution in [0.15, 0.2) is 70.0 Å². The third-order valence-corrected chi connectivity index (χ3v) is 5.22. The smallest absolute Gasteiger partial charge is 0.337 e. The quantitative estimate of drug-likeness (QED) is 0.607. The van der Waals surface area contributed by atoms with Crippen LogP contribution >= 0.6 is 0 Å². The molecule has 4 rings (SSSR count). The molecule has 0 spiro atoms. The first-order valence-electron chi connectivity index (χ1n) is 10.2. The van der Waals surface area contributed by atoms with E-state index in [9.17, 15) is 9.59 Å². The number of esters is 2. The normalized spacial score (nSPS) is 16.3. The Kier molecular flexibility index (Phi) is 5.77. The molecule has 0 radical (unpaired) electrons.